The van der Waals surface area contributed by atoms with Crippen molar-refractivity contribution in [3.8, 4) is 11.5 Å². The maximum Gasteiger partial charge on any atom is 0.338 e. The summed E-state index contributed by atoms with van der Waals surface area (Å²) in [5.41, 5.74) is 4.12. The van der Waals surface area contributed by atoms with Crippen LogP contribution in [0, 0.1) is 6.92 Å². The third-order valence-electron chi connectivity index (χ3n) is 5.36. The maximum atomic E-state index is 12.9. The van der Waals surface area contributed by atoms with Gasteiger partial charge in [0, 0.05) is 5.70 Å². The molecule has 1 aromatic heterocycles. The molecule has 0 radical (unpaired) electrons. The van der Waals surface area contributed by atoms with E-state index in [1.165, 1.54) is 18.0 Å². The van der Waals surface area contributed by atoms with Crippen LogP contribution in [0.4, 0.5) is 5.95 Å². The Balaban J connectivity index is 1.66. The molecule has 33 heavy (non-hydrogen) atoms. The van der Waals surface area contributed by atoms with E-state index in [0.29, 0.717) is 35.3 Å². The number of hydrogen-bond acceptors (Lipinski definition) is 7. The second-order valence-electron chi connectivity index (χ2n) is 7.67. The van der Waals surface area contributed by atoms with Gasteiger partial charge >= 0.3 is 5.97 Å². The number of esters is 1. The van der Waals surface area contributed by atoms with Gasteiger partial charge < -0.3 is 19.5 Å². The number of methoxy groups -OCH3 is 1. The second-order valence-corrected chi connectivity index (χ2v) is 7.67. The number of nitrogens with zero attached hydrogens (tertiary/aromatic N) is 3. The molecule has 2 heterocycles. The average molecular weight is 447 g/mol. The topological polar surface area (TPSA) is 87.5 Å². The molecule has 0 spiro atoms. The third kappa shape index (κ3) is 4.59. The molecule has 8 heteroatoms. The minimum atomic E-state index is -0.541. The molecule has 2 aromatic carbocycles. The van der Waals surface area contributed by atoms with Gasteiger partial charge in [0.25, 0.3) is 0 Å². The number of anilines is 1. The Morgan fingerprint density at radius 2 is 1.97 bits per heavy atom. The quantitative estimate of drug-likeness (QED) is 0.410. The van der Waals surface area contributed by atoms with E-state index in [1.54, 1.807) is 11.8 Å². The van der Waals surface area contributed by atoms with Gasteiger partial charge in [-0.3, -0.25) is 0 Å². The zero-order valence-electron chi connectivity index (χ0n) is 18.9. The maximum absolute atomic E-state index is 12.9. The number of nitrogens with one attached hydrogen (secondary N) is 1. The predicted molar refractivity (Wildman–Crippen MR) is 124 cm³/mol. The lowest BCUT2D eigenvalue weighted by Gasteiger charge is -2.28. The van der Waals surface area contributed by atoms with Crippen molar-refractivity contribution in [2.45, 2.75) is 26.5 Å². The molecule has 3 aromatic rings. The Morgan fingerprint density at radius 1 is 1.18 bits per heavy atom. The summed E-state index contributed by atoms with van der Waals surface area (Å²) in [6.07, 6.45) is 2.97. The lowest BCUT2D eigenvalue weighted by Crippen LogP contribution is -2.29. The first kappa shape index (κ1) is 22.1. The number of hydrogen-bond donors (Lipinski definition) is 1. The van der Waals surface area contributed by atoms with Crippen LogP contribution in [0.25, 0.3) is 0 Å². The highest BCUT2D eigenvalue weighted by Crippen LogP contribution is 2.39. The van der Waals surface area contributed by atoms with Gasteiger partial charge in [0.15, 0.2) is 11.5 Å². The SMILES string of the molecule is C=CCOC(=O)C1=C(C)Nc2ncnn2C1c1ccc(OCc2ccc(C)cc2)c(OC)c1. The largest absolute Gasteiger partial charge is 0.493 e. The Bertz CT molecular complexity index is 1200. The molecule has 0 saturated carbocycles. The van der Waals surface area contributed by atoms with Gasteiger partial charge in [-0.25, -0.2) is 9.48 Å². The standard InChI is InChI=1S/C25H26N4O4/c1-5-12-32-24(30)22-17(3)28-25-26-15-27-29(25)23(22)19-10-11-20(21(13-19)31-4)33-14-18-8-6-16(2)7-9-18/h5-11,13,15,23H,1,12,14H2,2-4H3,(H,26,27,28). The molecule has 0 bridgehead atoms. The van der Waals surface area contributed by atoms with E-state index in [1.807, 2.05) is 56.3 Å². The molecule has 0 fully saturated rings. The van der Waals surface area contributed by atoms with Gasteiger partial charge in [-0.15, -0.1) is 0 Å². The van der Waals surface area contributed by atoms with Crippen LogP contribution in [0.2, 0.25) is 0 Å². The van der Waals surface area contributed by atoms with E-state index in [9.17, 15) is 4.79 Å². The summed E-state index contributed by atoms with van der Waals surface area (Å²) in [7, 11) is 1.58. The molecule has 8 nitrogen and oxygen atoms in total. The van der Waals surface area contributed by atoms with E-state index in [0.717, 1.165) is 11.1 Å². The predicted octanol–water partition coefficient (Wildman–Crippen LogP) is 4.19. The smallest absolute Gasteiger partial charge is 0.338 e. The van der Waals surface area contributed by atoms with Crippen molar-refractivity contribution in [3.63, 3.8) is 0 Å². The highest BCUT2D eigenvalue weighted by Gasteiger charge is 2.34. The normalized spacial score (nSPS) is 14.8. The number of carbonyl (C=O) groups is 1. The molecular weight excluding hydrogens is 420 g/mol. The Hall–Kier alpha value is -4.07. The summed E-state index contributed by atoms with van der Waals surface area (Å²) in [4.78, 5) is 17.2. The number of fused-ring (bicyclic) bond motifs is 1. The van der Waals surface area contributed by atoms with Crippen LogP contribution in [0.5, 0.6) is 11.5 Å². The molecule has 1 aliphatic rings. The van der Waals surface area contributed by atoms with Gasteiger partial charge in [0.05, 0.1) is 12.7 Å². The van der Waals surface area contributed by atoms with Crippen molar-refractivity contribution in [1.29, 1.82) is 0 Å². The highest BCUT2D eigenvalue weighted by atomic mass is 16.5. The van der Waals surface area contributed by atoms with Crippen LogP contribution in [0.3, 0.4) is 0 Å². The minimum absolute atomic E-state index is 0.113. The van der Waals surface area contributed by atoms with Crippen LogP contribution in [-0.4, -0.2) is 34.5 Å². The number of benzene rings is 2. The molecule has 1 unspecified atom stereocenters. The summed E-state index contributed by atoms with van der Waals surface area (Å²) in [6.45, 7) is 7.99. The van der Waals surface area contributed by atoms with Crippen LogP contribution in [0.15, 0.2) is 72.7 Å². The monoisotopic (exact) mass is 446 g/mol. The van der Waals surface area contributed by atoms with E-state index in [4.69, 9.17) is 14.2 Å². The molecular formula is C25H26N4O4. The molecule has 4 rings (SSSR count). The lowest BCUT2D eigenvalue weighted by molar-refractivity contribution is -0.138. The highest BCUT2D eigenvalue weighted by molar-refractivity contribution is 5.92. The van der Waals surface area contributed by atoms with Crippen LogP contribution < -0.4 is 14.8 Å². The Morgan fingerprint density at radius 3 is 2.70 bits per heavy atom. The minimum Gasteiger partial charge on any atom is -0.493 e. The van der Waals surface area contributed by atoms with Crippen LogP contribution in [0.1, 0.15) is 29.7 Å². The van der Waals surface area contributed by atoms with Gasteiger partial charge in [0.2, 0.25) is 5.95 Å². The first-order valence-electron chi connectivity index (χ1n) is 10.5. The van der Waals surface area contributed by atoms with Crippen LogP contribution >= 0.6 is 0 Å². The Kier molecular flexibility index (Phi) is 6.44. The van der Waals surface area contributed by atoms with E-state index in [-0.39, 0.29) is 6.61 Å². The van der Waals surface area contributed by atoms with Crippen molar-refractivity contribution >= 4 is 11.9 Å². The third-order valence-corrected chi connectivity index (χ3v) is 5.36. The summed E-state index contributed by atoms with van der Waals surface area (Å²) < 4.78 is 18.6. The number of allylic oxidation sites excluding steroid dienone is 1. The van der Waals surface area contributed by atoms with E-state index < -0.39 is 12.0 Å². The van der Waals surface area contributed by atoms with E-state index >= 15 is 0 Å². The van der Waals surface area contributed by atoms with Crippen molar-refractivity contribution < 1.29 is 19.0 Å². The lowest BCUT2D eigenvalue weighted by atomic mass is 9.95. The summed E-state index contributed by atoms with van der Waals surface area (Å²) >= 11 is 0. The van der Waals surface area contributed by atoms with Crippen molar-refractivity contribution in [2.24, 2.45) is 0 Å². The van der Waals surface area contributed by atoms with Crippen molar-refractivity contribution in [2.75, 3.05) is 19.0 Å². The first-order valence-corrected chi connectivity index (χ1v) is 10.5. The number of aromatic nitrogens is 3. The van der Waals surface area contributed by atoms with Crippen molar-refractivity contribution in [3.05, 3.63) is 89.4 Å². The number of carbonyl (C=O) groups excluding carboxylic acids is 1. The number of ether oxygens (including phenoxy) is 3. The molecule has 1 aliphatic heterocycles. The zero-order chi connectivity index (χ0) is 23.4. The molecule has 0 saturated heterocycles. The van der Waals surface area contributed by atoms with Gasteiger partial charge in [-0.1, -0.05) is 48.6 Å². The molecule has 0 amide bonds. The summed E-state index contributed by atoms with van der Waals surface area (Å²) in [5.74, 6) is 1.24. The zero-order valence-corrected chi connectivity index (χ0v) is 18.9. The molecule has 1 N–H and O–H groups in total. The van der Waals surface area contributed by atoms with Gasteiger partial charge in [-0.2, -0.15) is 10.1 Å². The second kappa shape index (κ2) is 9.60. The Labute approximate surface area is 192 Å². The number of aryl methyl sites for hydroxylation is 1. The summed E-state index contributed by atoms with van der Waals surface area (Å²) in [6, 6.07) is 13.2. The fourth-order valence-corrected chi connectivity index (χ4v) is 3.69. The summed E-state index contributed by atoms with van der Waals surface area (Å²) in [5, 5.41) is 7.45. The molecule has 1 atom stereocenters. The fraction of sp³-hybridized carbons (Fsp3) is 0.240. The van der Waals surface area contributed by atoms with Gasteiger partial charge in [-0.05, 0) is 37.1 Å². The average Bonchev–Trinajstić information content (AvgIpc) is 3.29. The first-order chi connectivity index (χ1) is 16.0. The molecule has 0 aliphatic carbocycles. The fourth-order valence-electron chi connectivity index (χ4n) is 3.69. The van der Waals surface area contributed by atoms with Gasteiger partial charge in [0.1, 0.15) is 25.6 Å². The molecule has 170 valence electrons. The van der Waals surface area contributed by atoms with Crippen LogP contribution in [-0.2, 0) is 16.1 Å². The van der Waals surface area contributed by atoms with E-state index in [2.05, 4.69) is 22.0 Å². The number of rotatable bonds is 8. The van der Waals surface area contributed by atoms with Crippen molar-refractivity contribution in [1.82, 2.24) is 14.8 Å².